The second-order valence-corrected chi connectivity index (χ2v) is 2.22. The van der Waals surface area contributed by atoms with Crippen LogP contribution < -0.4 is 22.3 Å². The van der Waals surface area contributed by atoms with Crippen molar-refractivity contribution in [3.05, 3.63) is 30.6 Å². The Morgan fingerprint density at radius 1 is 1.33 bits per heavy atom. The maximum absolute atomic E-state index is 10.8. The summed E-state index contributed by atoms with van der Waals surface area (Å²) in [5.74, 6) is 0.0150. The Kier molecular flexibility index (Phi) is 5.04. The Labute approximate surface area is 77.8 Å². The van der Waals surface area contributed by atoms with E-state index in [1.165, 1.54) is 0 Å². The molecule has 0 atom stereocenters. The zero-order valence-corrected chi connectivity index (χ0v) is 7.58. The molecule has 4 heteroatoms. The van der Waals surface area contributed by atoms with Crippen LogP contribution in [-0.4, -0.2) is 13.0 Å². The van der Waals surface area contributed by atoms with Gasteiger partial charge < -0.3 is 17.7 Å². The average Bonchev–Trinajstić information content (AvgIpc) is 2.06. The molecule has 0 aliphatic heterocycles. The first-order chi connectivity index (χ1) is 5.33. The first kappa shape index (κ1) is 10.9. The number of amides is 1. The van der Waals surface area contributed by atoms with Crippen molar-refractivity contribution in [2.24, 2.45) is 0 Å². The highest BCUT2D eigenvalue weighted by Crippen LogP contribution is 1.76. The number of carbonyl (C=O) groups is 1. The second-order valence-electron chi connectivity index (χ2n) is 2.22. The Bertz CT molecular complexity index is 238. The first-order valence-electron chi connectivity index (χ1n) is 3.47. The number of pyridine rings is 1. The van der Waals surface area contributed by atoms with Gasteiger partial charge in [-0.05, 0) is 0 Å². The monoisotopic (exact) mass is 186 g/mol. The molecule has 0 bridgehead atoms. The topological polar surface area (TPSA) is 33.0 Å². The first-order valence-corrected chi connectivity index (χ1v) is 3.47. The molecular formula is C8H11ClN2O. The van der Waals surface area contributed by atoms with Gasteiger partial charge in [-0.15, -0.1) is 0 Å². The highest BCUT2D eigenvalue weighted by atomic mass is 35.5. The van der Waals surface area contributed by atoms with E-state index in [1.807, 2.05) is 35.2 Å². The van der Waals surface area contributed by atoms with Crippen LogP contribution in [0.2, 0.25) is 0 Å². The van der Waals surface area contributed by atoms with Gasteiger partial charge in [-0.1, -0.05) is 6.07 Å². The number of rotatable bonds is 2. The third kappa shape index (κ3) is 3.34. The highest BCUT2D eigenvalue weighted by Gasteiger charge is 2.03. The summed E-state index contributed by atoms with van der Waals surface area (Å²) in [7, 11) is 1.63. The lowest BCUT2D eigenvalue weighted by atomic mass is 10.4. The Balaban J connectivity index is 0.00000121. The summed E-state index contributed by atoms with van der Waals surface area (Å²) in [6.45, 7) is 0.386. The largest absolute Gasteiger partial charge is 1.00 e. The van der Waals surface area contributed by atoms with Crippen molar-refractivity contribution in [2.75, 3.05) is 7.05 Å². The number of likely N-dealkylation sites (N-methyl/N-ethyl adjacent to an activating group) is 1. The molecule has 0 aromatic carbocycles. The normalized spacial score (nSPS) is 8.42. The van der Waals surface area contributed by atoms with E-state index in [9.17, 15) is 4.79 Å². The quantitative estimate of drug-likeness (QED) is 0.483. The molecule has 0 unspecified atom stereocenters. The zero-order chi connectivity index (χ0) is 8.10. The number of nitrogens with zero attached hydrogens (tertiary/aromatic N) is 1. The minimum absolute atomic E-state index is 0. The number of hydrogen-bond acceptors (Lipinski definition) is 1. The summed E-state index contributed by atoms with van der Waals surface area (Å²) in [6, 6.07) is 5.70. The SMILES string of the molecule is CNC(=O)C[n+]1ccccc1.[Cl-]. The summed E-state index contributed by atoms with van der Waals surface area (Å²) in [5.41, 5.74) is 0. The van der Waals surface area contributed by atoms with Crippen LogP contribution in [0.4, 0.5) is 0 Å². The van der Waals surface area contributed by atoms with Gasteiger partial charge in [-0.2, -0.15) is 4.57 Å². The van der Waals surface area contributed by atoms with Gasteiger partial charge in [0.25, 0.3) is 5.91 Å². The minimum atomic E-state index is 0. The second kappa shape index (κ2) is 5.55. The van der Waals surface area contributed by atoms with E-state index in [0.29, 0.717) is 6.54 Å². The number of halogens is 1. The summed E-state index contributed by atoms with van der Waals surface area (Å²) in [4.78, 5) is 10.8. The lowest BCUT2D eigenvalue weighted by Gasteiger charge is -1.93. The molecule has 12 heavy (non-hydrogen) atoms. The molecule has 3 nitrogen and oxygen atoms in total. The minimum Gasteiger partial charge on any atom is -1.00 e. The van der Waals surface area contributed by atoms with E-state index in [1.54, 1.807) is 7.05 Å². The van der Waals surface area contributed by atoms with Crippen molar-refractivity contribution in [1.82, 2.24) is 5.32 Å². The summed E-state index contributed by atoms with van der Waals surface area (Å²) in [5, 5.41) is 2.55. The maximum Gasteiger partial charge on any atom is 0.285 e. The molecule has 1 rings (SSSR count). The van der Waals surface area contributed by atoms with Gasteiger partial charge in [0.15, 0.2) is 12.4 Å². The van der Waals surface area contributed by atoms with Crippen LogP contribution in [0.5, 0.6) is 0 Å². The van der Waals surface area contributed by atoms with Crippen LogP contribution in [0.1, 0.15) is 0 Å². The van der Waals surface area contributed by atoms with Crippen molar-refractivity contribution in [1.29, 1.82) is 0 Å². The van der Waals surface area contributed by atoms with Gasteiger partial charge in [0.05, 0.1) is 0 Å². The molecular weight excluding hydrogens is 176 g/mol. The van der Waals surface area contributed by atoms with E-state index in [0.717, 1.165) is 0 Å². The smallest absolute Gasteiger partial charge is 0.285 e. The van der Waals surface area contributed by atoms with E-state index >= 15 is 0 Å². The number of hydrogen-bond donors (Lipinski definition) is 1. The molecule has 0 aliphatic carbocycles. The molecule has 1 heterocycles. The van der Waals surface area contributed by atoms with Gasteiger partial charge in [0.2, 0.25) is 6.54 Å². The van der Waals surface area contributed by atoms with E-state index in [2.05, 4.69) is 5.32 Å². The van der Waals surface area contributed by atoms with Crippen LogP contribution in [0.3, 0.4) is 0 Å². The van der Waals surface area contributed by atoms with Crippen molar-refractivity contribution >= 4 is 5.91 Å². The standard InChI is InChI=1S/C8H10N2O.ClH/c1-9-8(11)7-10-5-3-2-4-6-10;/h2-6H,7H2,1H3;1H. The van der Waals surface area contributed by atoms with Crippen LogP contribution in [0.15, 0.2) is 30.6 Å². The number of nitrogens with one attached hydrogen (secondary N) is 1. The van der Waals surface area contributed by atoms with Crippen LogP contribution in [0.25, 0.3) is 0 Å². The van der Waals surface area contributed by atoms with Crippen molar-refractivity contribution < 1.29 is 21.8 Å². The molecule has 1 N–H and O–H groups in total. The van der Waals surface area contributed by atoms with E-state index < -0.39 is 0 Å². The van der Waals surface area contributed by atoms with Gasteiger partial charge in [0.1, 0.15) is 0 Å². The Morgan fingerprint density at radius 2 is 1.92 bits per heavy atom. The van der Waals surface area contributed by atoms with E-state index in [4.69, 9.17) is 0 Å². The third-order valence-corrected chi connectivity index (χ3v) is 1.38. The lowest BCUT2D eigenvalue weighted by Crippen LogP contribution is -3.00. The molecule has 66 valence electrons. The zero-order valence-electron chi connectivity index (χ0n) is 6.83. The number of aromatic nitrogens is 1. The Morgan fingerprint density at radius 3 is 2.42 bits per heavy atom. The van der Waals surface area contributed by atoms with E-state index in [-0.39, 0.29) is 18.3 Å². The van der Waals surface area contributed by atoms with Crippen molar-refractivity contribution in [3.63, 3.8) is 0 Å². The van der Waals surface area contributed by atoms with Crippen LogP contribution in [-0.2, 0) is 11.3 Å². The van der Waals surface area contributed by atoms with Gasteiger partial charge in [0, 0.05) is 19.2 Å². The van der Waals surface area contributed by atoms with Gasteiger partial charge >= 0.3 is 0 Å². The van der Waals surface area contributed by atoms with Crippen molar-refractivity contribution in [3.8, 4) is 0 Å². The predicted molar refractivity (Wildman–Crippen MR) is 40.7 cm³/mol. The molecule has 0 radical (unpaired) electrons. The summed E-state index contributed by atoms with van der Waals surface area (Å²) in [6.07, 6.45) is 3.71. The fourth-order valence-electron chi connectivity index (χ4n) is 0.785. The average molecular weight is 187 g/mol. The molecule has 0 saturated carbocycles. The van der Waals surface area contributed by atoms with Crippen molar-refractivity contribution in [2.45, 2.75) is 6.54 Å². The van der Waals surface area contributed by atoms with Crippen LogP contribution >= 0.6 is 0 Å². The highest BCUT2D eigenvalue weighted by molar-refractivity contribution is 5.73. The number of carbonyl (C=O) groups excluding carboxylic acids is 1. The molecule has 1 aromatic heterocycles. The van der Waals surface area contributed by atoms with Crippen LogP contribution in [0, 0.1) is 0 Å². The molecule has 0 fully saturated rings. The fraction of sp³-hybridized carbons (Fsp3) is 0.250. The van der Waals surface area contributed by atoms with Gasteiger partial charge in [-0.3, -0.25) is 4.79 Å². The lowest BCUT2D eigenvalue weighted by molar-refractivity contribution is -0.684. The third-order valence-electron chi connectivity index (χ3n) is 1.38. The molecule has 1 amide bonds. The Hall–Kier alpha value is -1.09. The predicted octanol–water partition coefficient (Wildman–Crippen LogP) is -3.28. The maximum atomic E-state index is 10.8. The molecule has 0 spiro atoms. The summed E-state index contributed by atoms with van der Waals surface area (Å²) < 4.78 is 1.82. The van der Waals surface area contributed by atoms with Gasteiger partial charge in [-0.25, -0.2) is 0 Å². The molecule has 1 aromatic rings. The fourth-order valence-corrected chi connectivity index (χ4v) is 0.785. The molecule has 0 saturated heterocycles. The summed E-state index contributed by atoms with van der Waals surface area (Å²) >= 11 is 0. The molecule has 0 aliphatic rings.